The first kappa shape index (κ1) is 25.8. The number of aliphatic imine (C=N–C) groups is 1. The van der Waals surface area contributed by atoms with Crippen molar-refractivity contribution in [2.45, 2.75) is 32.9 Å². The van der Waals surface area contributed by atoms with Gasteiger partial charge in [0.15, 0.2) is 0 Å². The zero-order valence-electron chi connectivity index (χ0n) is 20.2. The van der Waals surface area contributed by atoms with Gasteiger partial charge in [-0.05, 0) is 49.1 Å². The maximum Gasteiger partial charge on any atom is 0.272 e. The Bertz CT molecular complexity index is 1140. The Hall–Kier alpha value is -3.81. The number of halogens is 1. The second kappa shape index (κ2) is 11.1. The summed E-state index contributed by atoms with van der Waals surface area (Å²) < 4.78 is 13.6. The lowest BCUT2D eigenvalue weighted by Crippen LogP contribution is -2.50. The molecule has 0 saturated heterocycles. The summed E-state index contributed by atoms with van der Waals surface area (Å²) in [6.45, 7) is 7.56. The molecule has 0 radical (unpaired) electrons. The summed E-state index contributed by atoms with van der Waals surface area (Å²) in [5, 5.41) is 2.75. The van der Waals surface area contributed by atoms with E-state index in [0.29, 0.717) is 28.9 Å². The van der Waals surface area contributed by atoms with E-state index in [4.69, 9.17) is 5.73 Å². The molecule has 8 heteroatoms. The number of carbonyl (C=O) groups excluding carboxylic acids is 3. The Morgan fingerprint density at radius 1 is 1.17 bits per heavy atom. The molecule has 7 nitrogen and oxygen atoms in total. The molecular weight excluding hydrogens is 447 g/mol. The van der Waals surface area contributed by atoms with Crippen molar-refractivity contribution >= 4 is 29.1 Å². The van der Waals surface area contributed by atoms with Crippen molar-refractivity contribution in [1.29, 1.82) is 0 Å². The Labute approximate surface area is 204 Å². The number of nitrogens with one attached hydrogen (secondary N) is 1. The van der Waals surface area contributed by atoms with Gasteiger partial charge in [-0.3, -0.25) is 14.4 Å². The molecule has 1 aliphatic rings. The number of allylic oxidation sites excluding steroid dienone is 1. The number of likely N-dealkylation sites (N-methyl/N-ethyl adjacent to an activating group) is 1. The summed E-state index contributed by atoms with van der Waals surface area (Å²) in [6, 6.07) is 13.0. The van der Waals surface area contributed by atoms with Gasteiger partial charge in [0.1, 0.15) is 5.82 Å². The molecule has 0 fully saturated rings. The molecule has 2 unspecified atom stereocenters. The number of carbonyl (C=O) groups is 3. The molecule has 184 valence electrons. The van der Waals surface area contributed by atoms with Gasteiger partial charge in [0.2, 0.25) is 18.0 Å². The lowest BCUT2D eigenvalue weighted by atomic mass is 9.82. The number of benzene rings is 2. The van der Waals surface area contributed by atoms with Gasteiger partial charge < -0.3 is 16.0 Å². The maximum atomic E-state index is 13.6. The van der Waals surface area contributed by atoms with E-state index >= 15 is 0 Å². The molecule has 35 heavy (non-hydrogen) atoms. The minimum Gasteiger partial charge on any atom is -0.369 e. The van der Waals surface area contributed by atoms with Gasteiger partial charge in [0.05, 0.1) is 23.2 Å². The quantitative estimate of drug-likeness (QED) is 0.540. The summed E-state index contributed by atoms with van der Waals surface area (Å²) in [4.78, 5) is 45.1. The highest BCUT2D eigenvalue weighted by atomic mass is 19.1. The third-order valence-corrected chi connectivity index (χ3v) is 6.07. The van der Waals surface area contributed by atoms with E-state index in [1.165, 1.54) is 17.0 Å². The van der Waals surface area contributed by atoms with Gasteiger partial charge in [0.25, 0.3) is 5.91 Å². The van der Waals surface area contributed by atoms with Crippen molar-refractivity contribution in [3.05, 3.63) is 78.1 Å². The van der Waals surface area contributed by atoms with Crippen LogP contribution < -0.4 is 16.0 Å². The van der Waals surface area contributed by atoms with Gasteiger partial charge in [-0.1, -0.05) is 38.1 Å². The number of hydrogen-bond donors (Lipinski definition) is 2. The van der Waals surface area contributed by atoms with Crippen molar-refractivity contribution in [2.75, 3.05) is 11.9 Å². The molecule has 0 spiro atoms. The van der Waals surface area contributed by atoms with Crippen molar-refractivity contribution in [1.82, 2.24) is 5.32 Å². The fraction of sp³-hybridized carbons (Fsp3) is 0.333. The maximum absolute atomic E-state index is 13.6. The van der Waals surface area contributed by atoms with Crippen LogP contribution in [-0.4, -0.2) is 36.6 Å². The number of fused-ring (bicyclic) bond motifs is 1. The van der Waals surface area contributed by atoms with Gasteiger partial charge in [-0.2, -0.15) is 0 Å². The van der Waals surface area contributed by atoms with Crippen LogP contribution in [0.5, 0.6) is 0 Å². The number of rotatable bonds is 9. The minimum absolute atomic E-state index is 0.104. The molecule has 3 N–H and O–H groups in total. The number of hydrogen-bond acceptors (Lipinski definition) is 4. The molecule has 1 heterocycles. The van der Waals surface area contributed by atoms with E-state index in [-0.39, 0.29) is 12.3 Å². The van der Waals surface area contributed by atoms with E-state index < -0.39 is 41.5 Å². The second-order valence-corrected chi connectivity index (χ2v) is 9.08. The first-order chi connectivity index (χ1) is 16.6. The van der Waals surface area contributed by atoms with Crippen molar-refractivity contribution in [3.8, 4) is 0 Å². The van der Waals surface area contributed by atoms with E-state index in [9.17, 15) is 18.8 Å². The van der Waals surface area contributed by atoms with Crippen molar-refractivity contribution in [2.24, 2.45) is 28.5 Å². The summed E-state index contributed by atoms with van der Waals surface area (Å²) in [7, 11) is 1.61. The van der Waals surface area contributed by atoms with E-state index in [2.05, 4.69) is 16.9 Å². The number of benzodiazepines with no additional fused rings is 1. The average Bonchev–Trinajstić information content (AvgIpc) is 2.92. The van der Waals surface area contributed by atoms with Gasteiger partial charge in [0, 0.05) is 18.2 Å². The van der Waals surface area contributed by atoms with Crippen molar-refractivity contribution in [3.63, 3.8) is 0 Å². The number of para-hydroxylation sites is 1. The van der Waals surface area contributed by atoms with Gasteiger partial charge in [-0.25, -0.2) is 9.38 Å². The minimum atomic E-state index is -1.24. The van der Waals surface area contributed by atoms with Gasteiger partial charge >= 0.3 is 0 Å². The highest BCUT2D eigenvalue weighted by Crippen LogP contribution is 2.28. The number of amides is 3. The first-order valence-corrected chi connectivity index (χ1v) is 11.5. The van der Waals surface area contributed by atoms with Crippen LogP contribution in [0.1, 0.15) is 37.8 Å². The topological polar surface area (TPSA) is 105 Å². The monoisotopic (exact) mass is 478 g/mol. The van der Waals surface area contributed by atoms with Crippen LogP contribution in [0.25, 0.3) is 0 Å². The van der Waals surface area contributed by atoms with Crippen LogP contribution in [0.4, 0.5) is 10.1 Å². The molecule has 0 bridgehead atoms. The number of nitrogens with two attached hydrogens (primary N) is 1. The van der Waals surface area contributed by atoms with Crippen LogP contribution in [0.3, 0.4) is 0 Å². The molecule has 2 aromatic carbocycles. The predicted octanol–water partition coefficient (Wildman–Crippen LogP) is 3.42. The zero-order valence-corrected chi connectivity index (χ0v) is 20.2. The fourth-order valence-electron chi connectivity index (χ4n) is 4.32. The highest BCUT2D eigenvalue weighted by molar-refractivity contribution is 6.20. The fourth-order valence-corrected chi connectivity index (χ4v) is 4.32. The van der Waals surface area contributed by atoms with Crippen LogP contribution in [0, 0.1) is 23.6 Å². The Morgan fingerprint density at radius 3 is 2.43 bits per heavy atom. The number of nitrogens with zero attached hydrogens (tertiary/aromatic N) is 2. The smallest absolute Gasteiger partial charge is 0.272 e. The third kappa shape index (κ3) is 5.82. The van der Waals surface area contributed by atoms with E-state index in [1.54, 1.807) is 37.4 Å². The normalized spacial score (nSPS) is 17.2. The summed E-state index contributed by atoms with van der Waals surface area (Å²) in [5.74, 6) is -3.32. The summed E-state index contributed by atoms with van der Waals surface area (Å²) in [5.41, 5.74) is 7.94. The van der Waals surface area contributed by atoms with Crippen LogP contribution in [-0.2, 0) is 14.4 Å². The van der Waals surface area contributed by atoms with Crippen molar-refractivity contribution < 1.29 is 18.8 Å². The molecule has 1 aliphatic heterocycles. The Balaban J connectivity index is 2.05. The Kier molecular flexibility index (Phi) is 8.17. The number of anilines is 1. The molecule has 0 saturated carbocycles. The molecular formula is C27H31FN4O3. The van der Waals surface area contributed by atoms with E-state index in [1.807, 2.05) is 26.0 Å². The standard InChI is InChI=1S/C27H31FN4O3/c1-5-8-19(24(29)33)21(15-16(2)3)26(34)31-25-27(35)32(4)22-10-7-6-9-20(22)23(30-25)17-11-13-18(28)14-12-17/h5-7,9-14,16,19,21,25H,1,8,15H2,2-4H3,(H2,29,33)(H,31,34)/t19?,21?,25-/m1/s1. The summed E-state index contributed by atoms with van der Waals surface area (Å²) in [6.07, 6.45) is 0.960. The Morgan fingerprint density at radius 2 is 1.83 bits per heavy atom. The molecule has 0 aliphatic carbocycles. The van der Waals surface area contributed by atoms with Crippen LogP contribution in [0.15, 0.2) is 66.2 Å². The SMILES string of the molecule is C=CCC(C(N)=O)C(CC(C)C)C(=O)N[C@H]1N=C(c2ccc(F)cc2)c2ccccc2N(C)C1=O. The largest absolute Gasteiger partial charge is 0.369 e. The first-order valence-electron chi connectivity index (χ1n) is 11.5. The molecule has 2 aromatic rings. The molecule has 0 aromatic heterocycles. The molecule has 3 atom stereocenters. The third-order valence-electron chi connectivity index (χ3n) is 6.07. The molecule has 3 amide bonds. The highest BCUT2D eigenvalue weighted by Gasteiger charge is 2.36. The van der Waals surface area contributed by atoms with Gasteiger partial charge in [-0.15, -0.1) is 6.58 Å². The summed E-state index contributed by atoms with van der Waals surface area (Å²) >= 11 is 0. The second-order valence-electron chi connectivity index (χ2n) is 9.08. The average molecular weight is 479 g/mol. The lowest BCUT2D eigenvalue weighted by molar-refractivity contribution is -0.135. The van der Waals surface area contributed by atoms with Crippen LogP contribution in [0.2, 0.25) is 0 Å². The number of primary amides is 1. The predicted molar refractivity (Wildman–Crippen MR) is 134 cm³/mol. The zero-order chi connectivity index (χ0) is 25.7. The lowest BCUT2D eigenvalue weighted by Gasteiger charge is -2.27. The van der Waals surface area contributed by atoms with E-state index in [0.717, 1.165) is 0 Å². The molecule has 3 rings (SSSR count). The van der Waals surface area contributed by atoms with Crippen LogP contribution >= 0.6 is 0 Å².